The van der Waals surface area contributed by atoms with Crippen LogP contribution < -0.4 is 83.8 Å². The molecule has 3 aliphatic rings. The first-order chi connectivity index (χ1) is 25.8. The summed E-state index contributed by atoms with van der Waals surface area (Å²) in [5.41, 5.74) is 6.81. The fraction of sp³-hybridized carbons (Fsp3) is 0.357. The van der Waals surface area contributed by atoms with Crippen molar-refractivity contribution in [3.63, 3.8) is 0 Å². The summed E-state index contributed by atoms with van der Waals surface area (Å²) in [5, 5.41) is 11.7. The van der Waals surface area contributed by atoms with Crippen molar-refractivity contribution in [1.29, 1.82) is 0 Å². The van der Waals surface area contributed by atoms with E-state index in [1.165, 1.54) is 30.2 Å². The summed E-state index contributed by atoms with van der Waals surface area (Å²) in [7, 11) is 4.07. The van der Waals surface area contributed by atoms with Gasteiger partial charge in [0.05, 0.1) is 16.6 Å². The van der Waals surface area contributed by atoms with E-state index in [1.807, 2.05) is 37.4 Å². The van der Waals surface area contributed by atoms with Crippen LogP contribution in [0, 0.1) is 18.7 Å². The third-order valence-corrected chi connectivity index (χ3v) is 10.8. The van der Waals surface area contributed by atoms with E-state index in [2.05, 4.69) is 57.2 Å². The van der Waals surface area contributed by atoms with Gasteiger partial charge in [0, 0.05) is 85.3 Å². The van der Waals surface area contributed by atoms with Gasteiger partial charge in [0.2, 0.25) is 5.88 Å². The van der Waals surface area contributed by atoms with Gasteiger partial charge in [0.1, 0.15) is 30.4 Å². The second-order valence-electron chi connectivity index (χ2n) is 13.9. The Bertz CT molecular complexity index is 2210. The van der Waals surface area contributed by atoms with E-state index in [0.717, 1.165) is 85.5 Å². The second-order valence-corrected chi connectivity index (χ2v) is 14.3. The van der Waals surface area contributed by atoms with Crippen molar-refractivity contribution >= 4 is 51.3 Å². The quantitative estimate of drug-likeness (QED) is 0.143. The molecule has 9 rings (SSSR count). The number of benzene rings is 3. The number of imidazole rings is 1. The van der Waals surface area contributed by atoms with E-state index in [0.29, 0.717) is 33.4 Å². The number of pyridine rings is 1. The van der Waals surface area contributed by atoms with Crippen LogP contribution in [0.15, 0.2) is 72.8 Å². The van der Waals surface area contributed by atoms with Gasteiger partial charge in [-0.05, 0) is 92.1 Å². The molecule has 1 saturated carbocycles. The summed E-state index contributed by atoms with van der Waals surface area (Å²) < 4.78 is 26.9. The number of anilines is 2. The van der Waals surface area contributed by atoms with E-state index in [-0.39, 0.29) is 88.7 Å². The number of aldehydes is 1. The maximum atomic E-state index is 14.1. The Labute approximate surface area is 386 Å². The maximum Gasteiger partial charge on any atom is 1.00 e. The molecule has 1 unspecified atom stereocenters. The van der Waals surface area contributed by atoms with Crippen LogP contribution in [-0.2, 0) is 24.8 Å². The Morgan fingerprint density at radius 2 is 1.82 bits per heavy atom. The van der Waals surface area contributed by atoms with Crippen LogP contribution >= 0.6 is 11.6 Å². The molecule has 0 amide bonds. The number of nitrogens with one attached hydrogen (secondary N) is 2. The average Bonchev–Trinajstić information content (AvgIpc) is 3.50. The molecule has 0 radical (unpaired) electrons. The van der Waals surface area contributed by atoms with Crippen LogP contribution in [0.3, 0.4) is 0 Å². The van der Waals surface area contributed by atoms with Crippen molar-refractivity contribution in [1.82, 2.24) is 24.7 Å². The maximum absolute atomic E-state index is 14.1. The molecule has 0 bridgehead atoms. The van der Waals surface area contributed by atoms with Gasteiger partial charge >= 0.3 is 68.9 Å². The van der Waals surface area contributed by atoms with Crippen LogP contribution in [0.4, 0.5) is 15.9 Å². The van der Waals surface area contributed by atoms with Gasteiger partial charge in [0.15, 0.2) is 0 Å². The Hall–Kier alpha value is -2.95. The van der Waals surface area contributed by atoms with Gasteiger partial charge in [-0.1, -0.05) is 30.7 Å². The number of hydrogen-bond donors (Lipinski definition) is 2. The summed E-state index contributed by atoms with van der Waals surface area (Å²) >= 11 is 5.84. The van der Waals surface area contributed by atoms with Crippen molar-refractivity contribution in [2.75, 3.05) is 43.6 Å². The molecule has 1 spiro atoms. The van der Waals surface area contributed by atoms with Gasteiger partial charge in [0.25, 0.3) is 0 Å². The molecule has 1 atom stereocenters. The molecular formula is C42H48ClCsFN7O3. The minimum Gasteiger partial charge on any atom is -0.473 e. The monoisotopic (exact) mass is 885 g/mol. The molecule has 13 heteroatoms. The second kappa shape index (κ2) is 19.5. The predicted molar refractivity (Wildman–Crippen MR) is 214 cm³/mol. The Morgan fingerprint density at radius 3 is 2.49 bits per heavy atom. The third kappa shape index (κ3) is 9.96. The van der Waals surface area contributed by atoms with E-state index >= 15 is 0 Å². The number of carbonyl (C=O) groups is 1. The molecule has 3 fully saturated rings. The molecule has 3 aromatic heterocycles. The van der Waals surface area contributed by atoms with Gasteiger partial charge in [-0.2, -0.15) is 10.1 Å². The van der Waals surface area contributed by atoms with E-state index in [1.54, 1.807) is 18.2 Å². The Kier molecular flexibility index (Phi) is 15.3. The molecular weight excluding hydrogens is 838 g/mol. The number of hydrogen-bond acceptors (Lipinski definition) is 8. The SMILES string of the molecule is C1COC1.CCc1[nH]nc2ccc(C=O)cc12.CNc1ccc2c(c1)nc(C1CC13CCN(c1cccc(OCc4ccc(Cl)cc4F)n1)CC3)n2C.[CH3-].[Cs+]. The topological polar surface area (TPSA) is 110 Å². The Balaban J connectivity index is 0.000000253. The largest absolute Gasteiger partial charge is 1.00 e. The zero-order valence-electron chi connectivity index (χ0n) is 32.4. The van der Waals surface area contributed by atoms with Gasteiger partial charge in [-0.15, -0.1) is 0 Å². The summed E-state index contributed by atoms with van der Waals surface area (Å²) in [6.07, 6.45) is 6.46. The number of halogens is 2. The Morgan fingerprint density at radius 1 is 1.05 bits per heavy atom. The average molecular weight is 886 g/mol. The number of aromatic amines is 1. The number of aryl methyl sites for hydroxylation is 2. The molecule has 55 heavy (non-hydrogen) atoms. The van der Waals surface area contributed by atoms with Gasteiger partial charge < -0.3 is 31.7 Å². The van der Waals surface area contributed by atoms with Crippen molar-refractivity contribution in [3.05, 3.63) is 114 Å². The van der Waals surface area contributed by atoms with Crippen molar-refractivity contribution in [3.8, 4) is 5.88 Å². The number of aromatic nitrogens is 5. The first-order valence-corrected chi connectivity index (χ1v) is 18.6. The number of carbonyl (C=O) groups excluding carboxylic acids is 1. The summed E-state index contributed by atoms with van der Waals surface area (Å²) in [5.74, 6) is 2.73. The smallest absolute Gasteiger partial charge is 0.473 e. The molecule has 10 nitrogen and oxygen atoms in total. The van der Waals surface area contributed by atoms with Crippen LogP contribution in [0.25, 0.3) is 21.9 Å². The molecule has 6 aromatic rings. The molecule has 1 aliphatic carbocycles. The molecule has 2 saturated heterocycles. The zero-order chi connectivity index (χ0) is 37.0. The number of fused-ring (bicyclic) bond motifs is 2. The summed E-state index contributed by atoms with van der Waals surface area (Å²) in [6, 6.07) is 22.2. The van der Waals surface area contributed by atoms with E-state index in [4.69, 9.17) is 31.0 Å². The van der Waals surface area contributed by atoms with Crippen molar-refractivity contribution in [2.24, 2.45) is 12.5 Å². The molecule has 5 heterocycles. The minimum atomic E-state index is -0.373. The molecule has 3 aromatic carbocycles. The van der Waals surface area contributed by atoms with Crippen LogP contribution in [0.2, 0.25) is 5.02 Å². The minimum absolute atomic E-state index is 0. The normalized spacial score (nSPS) is 16.4. The van der Waals surface area contributed by atoms with Crippen molar-refractivity contribution in [2.45, 2.75) is 51.6 Å². The molecule has 284 valence electrons. The van der Waals surface area contributed by atoms with Gasteiger partial charge in [-0.25, -0.2) is 9.37 Å². The first kappa shape index (κ1) is 43.2. The summed E-state index contributed by atoms with van der Waals surface area (Å²) in [6.45, 7) is 6.07. The molecule has 2 N–H and O–H groups in total. The van der Waals surface area contributed by atoms with Gasteiger partial charge in [-0.3, -0.25) is 9.89 Å². The standard InChI is InChI=1S/C28H29ClFN5O.C10H10N2O.C3H6O.CH3.Cs/c1-31-20-8-9-24-23(15-20)32-27(34(24)2)21-16-28(21)10-12-35(13-11-28)25-4-3-5-26(33-25)36-17-18-6-7-19(29)14-22(18)30;1-2-9-8-5-7(6-13)3-4-10(8)12-11-9;1-2-4-3-1;;/h3-9,14-15,21,31H,10-13,16-17H2,1-2H3;3-6H,2H2,1H3,(H,11,12);1-3H2;1H3;/q;;;-1;+1. The third-order valence-electron chi connectivity index (χ3n) is 10.6. The first-order valence-electron chi connectivity index (χ1n) is 18.2. The van der Waals surface area contributed by atoms with Crippen LogP contribution in [-0.4, -0.2) is 64.4 Å². The number of piperidine rings is 1. The van der Waals surface area contributed by atoms with Crippen molar-refractivity contribution < 1.29 is 87.6 Å². The number of nitrogens with zero attached hydrogens (tertiary/aromatic N) is 5. The summed E-state index contributed by atoms with van der Waals surface area (Å²) in [4.78, 5) is 22.6. The number of H-pyrrole nitrogens is 1. The van der Waals surface area contributed by atoms with Crippen LogP contribution in [0.5, 0.6) is 5.88 Å². The number of ether oxygens (including phenoxy) is 2. The number of rotatable bonds is 8. The predicted octanol–water partition coefficient (Wildman–Crippen LogP) is 5.95. The van der Waals surface area contributed by atoms with Crippen LogP contribution in [0.1, 0.15) is 66.0 Å². The fourth-order valence-corrected chi connectivity index (χ4v) is 7.31. The zero-order valence-corrected chi connectivity index (χ0v) is 39.4. The van der Waals surface area contributed by atoms with E-state index < -0.39 is 0 Å². The molecule has 2 aliphatic heterocycles. The fourth-order valence-electron chi connectivity index (χ4n) is 7.15. The van der Waals surface area contributed by atoms with E-state index in [9.17, 15) is 9.18 Å².